The lowest BCUT2D eigenvalue weighted by Crippen LogP contribution is -2.36. The highest BCUT2D eigenvalue weighted by molar-refractivity contribution is 5.95. The van der Waals surface area contributed by atoms with Gasteiger partial charge in [-0.3, -0.25) is 0 Å². The van der Waals surface area contributed by atoms with E-state index >= 15 is 0 Å². The second kappa shape index (κ2) is 10.1. The summed E-state index contributed by atoms with van der Waals surface area (Å²) in [6.07, 6.45) is 25.6. The van der Waals surface area contributed by atoms with E-state index in [2.05, 4.69) is 57.5 Å². The van der Waals surface area contributed by atoms with Crippen molar-refractivity contribution < 1.29 is 4.57 Å². The largest absolute Gasteiger partial charge is 0.364 e. The molecule has 0 amide bonds. The first-order chi connectivity index (χ1) is 20.8. The second-order valence-corrected chi connectivity index (χ2v) is 14.5. The summed E-state index contributed by atoms with van der Waals surface area (Å²) in [6.45, 7) is 1.05. The number of aromatic nitrogens is 2. The maximum Gasteiger partial charge on any atom is 0.295 e. The molecule has 42 heavy (non-hydrogen) atoms. The molecule has 0 spiro atoms. The third kappa shape index (κ3) is 3.74. The monoisotopic (exact) mass is 558 g/mol. The Morgan fingerprint density at radius 2 is 1.48 bits per heavy atom. The normalized spacial score (nSPS) is 23.7. The minimum Gasteiger partial charge on any atom is -0.364 e. The summed E-state index contributed by atoms with van der Waals surface area (Å²) in [5.74, 6) is 2.91. The molecule has 2 fully saturated rings. The Kier molecular flexibility index (Phi) is 6.19. The fraction of sp³-hybridized carbons (Fsp3) is 0.564. The molecule has 0 radical (unpaired) electrons. The molecular formula is C39H48N3+. The van der Waals surface area contributed by atoms with Crippen molar-refractivity contribution in [1.29, 1.82) is 0 Å². The molecule has 0 saturated heterocycles. The number of rotatable bonds is 3. The zero-order valence-corrected chi connectivity index (χ0v) is 25.8. The van der Waals surface area contributed by atoms with Gasteiger partial charge in [0.2, 0.25) is 0 Å². The van der Waals surface area contributed by atoms with E-state index in [0.29, 0.717) is 12.0 Å². The topological polar surface area (TPSA) is 12.1 Å². The van der Waals surface area contributed by atoms with Gasteiger partial charge in [-0.1, -0.05) is 68.9 Å². The summed E-state index contributed by atoms with van der Waals surface area (Å²) in [5.41, 5.74) is 16.2. The van der Waals surface area contributed by atoms with Crippen molar-refractivity contribution in [2.24, 2.45) is 0 Å². The highest BCUT2D eigenvalue weighted by Gasteiger charge is 2.46. The van der Waals surface area contributed by atoms with Gasteiger partial charge in [0.1, 0.15) is 12.2 Å². The third-order valence-corrected chi connectivity index (χ3v) is 12.2. The summed E-state index contributed by atoms with van der Waals surface area (Å²) in [6, 6.07) is 12.7. The van der Waals surface area contributed by atoms with Crippen molar-refractivity contribution in [2.45, 2.75) is 134 Å². The van der Waals surface area contributed by atoms with Crippen LogP contribution < -0.4 is 9.47 Å². The number of allylic oxidation sites excluding steroid dienone is 1. The van der Waals surface area contributed by atoms with E-state index in [1.807, 2.05) is 0 Å². The summed E-state index contributed by atoms with van der Waals surface area (Å²) >= 11 is 0. The van der Waals surface area contributed by atoms with E-state index in [0.717, 1.165) is 12.5 Å². The average molecular weight is 559 g/mol. The molecule has 218 valence electrons. The van der Waals surface area contributed by atoms with Gasteiger partial charge in [-0.2, -0.15) is 4.57 Å². The quantitative estimate of drug-likeness (QED) is 0.228. The molecule has 3 heterocycles. The van der Waals surface area contributed by atoms with E-state index < -0.39 is 0 Å². The third-order valence-electron chi connectivity index (χ3n) is 12.2. The maximum atomic E-state index is 2.88. The van der Waals surface area contributed by atoms with Crippen LogP contribution in [0.3, 0.4) is 0 Å². The minimum atomic E-state index is 0.552. The average Bonchev–Trinajstić information content (AvgIpc) is 3.69. The first-order valence-corrected chi connectivity index (χ1v) is 17.7. The standard InChI is InChI=1S/C39H48N3/c1-40-33-21-11-10-20-30(33)36-31(26-14-4-2-5-15-26)24-32(27-16-6-3-7-17-27)37(38(36)40)42-35-23-13-12-22-34(35)41-25-28-18-8-9-19-29(28)39(41)42/h8-9,18-20,24,26-27,33H,2-7,10-17,21-23,25H2,1H3/q+1. The Labute approximate surface area is 252 Å². The Bertz CT molecular complexity index is 1580. The number of hydrogen-bond donors (Lipinski definition) is 0. The van der Waals surface area contributed by atoms with Crippen LogP contribution in [0.4, 0.5) is 5.69 Å². The molecule has 2 aliphatic heterocycles. The number of imidazole rings is 1. The predicted octanol–water partition coefficient (Wildman–Crippen LogP) is 9.15. The van der Waals surface area contributed by atoms with Crippen LogP contribution in [-0.2, 0) is 19.4 Å². The Morgan fingerprint density at radius 3 is 2.29 bits per heavy atom. The number of fused-ring (bicyclic) bond motifs is 8. The van der Waals surface area contributed by atoms with Crippen LogP contribution in [0.5, 0.6) is 0 Å². The molecule has 9 rings (SSSR count). The zero-order chi connectivity index (χ0) is 27.8. The summed E-state index contributed by atoms with van der Waals surface area (Å²) in [7, 11) is 2.46. The maximum absolute atomic E-state index is 2.88. The van der Waals surface area contributed by atoms with Gasteiger partial charge < -0.3 is 4.90 Å². The molecule has 0 bridgehead atoms. The molecule has 0 N–H and O–H groups in total. The fourth-order valence-corrected chi connectivity index (χ4v) is 10.2. The Hall–Kier alpha value is -2.81. The summed E-state index contributed by atoms with van der Waals surface area (Å²) < 4.78 is 5.62. The Balaban J connectivity index is 1.38. The predicted molar refractivity (Wildman–Crippen MR) is 173 cm³/mol. The van der Waals surface area contributed by atoms with Crippen molar-refractivity contribution >= 4 is 11.3 Å². The van der Waals surface area contributed by atoms with Gasteiger partial charge in [-0.25, -0.2) is 4.57 Å². The van der Waals surface area contributed by atoms with Crippen molar-refractivity contribution in [3.8, 4) is 17.1 Å². The molecule has 1 atom stereocenters. The number of hydrogen-bond acceptors (Lipinski definition) is 1. The van der Waals surface area contributed by atoms with Gasteiger partial charge in [-0.15, -0.1) is 0 Å². The number of nitrogens with zero attached hydrogens (tertiary/aromatic N) is 3. The number of benzene rings is 2. The first kappa shape index (κ1) is 25.7. The van der Waals surface area contributed by atoms with E-state index in [-0.39, 0.29) is 0 Å². The molecule has 3 nitrogen and oxygen atoms in total. The lowest BCUT2D eigenvalue weighted by Gasteiger charge is -2.31. The molecule has 1 aromatic heterocycles. The van der Waals surface area contributed by atoms with Crippen molar-refractivity contribution in [1.82, 2.24) is 4.57 Å². The van der Waals surface area contributed by atoms with Crippen LogP contribution in [0.2, 0.25) is 0 Å². The number of likely N-dealkylation sites (N-methyl/N-ethyl adjacent to an activating group) is 1. The molecule has 3 aromatic rings. The SMILES string of the molecule is CN1c2c(c(C3CCCCC3)cc(C3CCCCC3)c2-n2c3c([n+]4c2-c2ccccc2C4)CCCC3)C2=CCCCC21. The van der Waals surface area contributed by atoms with Gasteiger partial charge in [0.15, 0.2) is 11.4 Å². The van der Waals surface area contributed by atoms with E-state index in [9.17, 15) is 0 Å². The fourth-order valence-electron chi connectivity index (χ4n) is 10.2. The number of anilines is 1. The van der Waals surface area contributed by atoms with Crippen LogP contribution in [0.1, 0.15) is 142 Å². The lowest BCUT2D eigenvalue weighted by atomic mass is 9.75. The summed E-state index contributed by atoms with van der Waals surface area (Å²) in [4.78, 5) is 2.78. The van der Waals surface area contributed by atoms with Crippen molar-refractivity contribution in [2.75, 3.05) is 11.9 Å². The van der Waals surface area contributed by atoms with Gasteiger partial charge in [0.05, 0.1) is 17.3 Å². The van der Waals surface area contributed by atoms with Crippen LogP contribution in [0.25, 0.3) is 22.6 Å². The highest BCUT2D eigenvalue weighted by atomic mass is 15.2. The molecule has 2 aromatic carbocycles. The molecule has 4 aliphatic carbocycles. The van der Waals surface area contributed by atoms with E-state index in [1.54, 1.807) is 45.0 Å². The summed E-state index contributed by atoms with van der Waals surface area (Å²) in [5, 5.41) is 0. The lowest BCUT2D eigenvalue weighted by molar-refractivity contribution is -0.678. The minimum absolute atomic E-state index is 0.552. The molecule has 6 aliphatic rings. The Morgan fingerprint density at radius 1 is 0.738 bits per heavy atom. The van der Waals surface area contributed by atoms with Gasteiger partial charge in [0.25, 0.3) is 5.82 Å². The van der Waals surface area contributed by atoms with Crippen LogP contribution in [-0.4, -0.2) is 17.7 Å². The van der Waals surface area contributed by atoms with Gasteiger partial charge in [-0.05, 0) is 86.8 Å². The van der Waals surface area contributed by atoms with Gasteiger partial charge in [0, 0.05) is 36.6 Å². The molecule has 1 unspecified atom stereocenters. The first-order valence-electron chi connectivity index (χ1n) is 17.7. The zero-order valence-electron chi connectivity index (χ0n) is 25.8. The van der Waals surface area contributed by atoms with Crippen molar-refractivity contribution in [3.05, 3.63) is 70.0 Å². The van der Waals surface area contributed by atoms with Crippen LogP contribution in [0.15, 0.2) is 36.4 Å². The van der Waals surface area contributed by atoms with Crippen LogP contribution in [0, 0.1) is 0 Å². The molecule has 3 heteroatoms. The molecular weight excluding hydrogens is 510 g/mol. The highest BCUT2D eigenvalue weighted by Crippen LogP contribution is 2.55. The van der Waals surface area contributed by atoms with Crippen molar-refractivity contribution in [3.63, 3.8) is 0 Å². The second-order valence-electron chi connectivity index (χ2n) is 14.5. The smallest absolute Gasteiger partial charge is 0.295 e. The van der Waals surface area contributed by atoms with E-state index in [4.69, 9.17) is 0 Å². The molecule has 2 saturated carbocycles. The van der Waals surface area contributed by atoms with Crippen LogP contribution >= 0.6 is 0 Å². The van der Waals surface area contributed by atoms with Gasteiger partial charge >= 0.3 is 0 Å². The van der Waals surface area contributed by atoms with E-state index in [1.165, 1.54) is 126 Å².